The lowest BCUT2D eigenvalue weighted by atomic mass is 9.99. The zero-order valence-electron chi connectivity index (χ0n) is 11.3. The third-order valence-corrected chi connectivity index (χ3v) is 3.31. The molecule has 3 nitrogen and oxygen atoms in total. The monoisotopic (exact) mass is 224 g/mol. The first-order chi connectivity index (χ1) is 7.47. The molecule has 92 valence electrons. The minimum Gasteiger partial charge on any atom is -0.361 e. The van der Waals surface area contributed by atoms with E-state index in [1.165, 1.54) is 5.56 Å². The van der Waals surface area contributed by atoms with Crippen LogP contribution in [0.3, 0.4) is 0 Å². The summed E-state index contributed by atoms with van der Waals surface area (Å²) in [6, 6.07) is 0.849. The van der Waals surface area contributed by atoms with Gasteiger partial charge in [0, 0.05) is 17.6 Å². The molecule has 0 saturated heterocycles. The predicted octanol–water partition coefficient (Wildman–Crippen LogP) is 3.38. The van der Waals surface area contributed by atoms with Gasteiger partial charge in [0.2, 0.25) is 0 Å². The minimum absolute atomic E-state index is 0.351. The number of rotatable bonds is 5. The zero-order chi connectivity index (χ0) is 12.3. The van der Waals surface area contributed by atoms with E-state index in [2.05, 4.69) is 38.2 Å². The molecule has 3 heteroatoms. The van der Waals surface area contributed by atoms with Gasteiger partial charge in [-0.05, 0) is 33.1 Å². The molecule has 1 aromatic heterocycles. The van der Waals surface area contributed by atoms with Gasteiger partial charge in [-0.15, -0.1) is 0 Å². The molecule has 0 spiro atoms. The van der Waals surface area contributed by atoms with Crippen molar-refractivity contribution in [1.29, 1.82) is 0 Å². The maximum atomic E-state index is 5.23. The average Bonchev–Trinajstić information content (AvgIpc) is 2.55. The van der Waals surface area contributed by atoms with E-state index >= 15 is 0 Å². The maximum absolute atomic E-state index is 5.23. The Morgan fingerprint density at radius 2 is 1.88 bits per heavy atom. The number of nitrogens with zero attached hydrogens (tertiary/aromatic N) is 1. The molecule has 0 amide bonds. The summed E-state index contributed by atoms with van der Waals surface area (Å²) in [5, 5.41) is 7.67. The second-order valence-electron chi connectivity index (χ2n) is 4.90. The standard InChI is InChI=1S/C13H24N2O/c1-7-12(14-9(4)8(2)3)13-10(5)15-16-11(13)6/h8-9,12,14H,7H2,1-6H3/t9-,12+/m1/s1. The summed E-state index contributed by atoms with van der Waals surface area (Å²) >= 11 is 0. The summed E-state index contributed by atoms with van der Waals surface area (Å²) < 4.78 is 5.23. The Morgan fingerprint density at radius 1 is 1.25 bits per heavy atom. The summed E-state index contributed by atoms with van der Waals surface area (Å²) in [6.07, 6.45) is 1.06. The van der Waals surface area contributed by atoms with Crippen LogP contribution >= 0.6 is 0 Å². The number of hydrogen-bond donors (Lipinski definition) is 1. The fourth-order valence-corrected chi connectivity index (χ4v) is 1.90. The summed E-state index contributed by atoms with van der Waals surface area (Å²) in [4.78, 5) is 0. The molecular formula is C13H24N2O. The van der Waals surface area contributed by atoms with E-state index in [9.17, 15) is 0 Å². The van der Waals surface area contributed by atoms with Gasteiger partial charge < -0.3 is 9.84 Å². The highest BCUT2D eigenvalue weighted by molar-refractivity contribution is 5.25. The van der Waals surface area contributed by atoms with Crippen molar-refractivity contribution in [3.63, 3.8) is 0 Å². The van der Waals surface area contributed by atoms with Gasteiger partial charge in [-0.25, -0.2) is 0 Å². The largest absolute Gasteiger partial charge is 0.361 e. The van der Waals surface area contributed by atoms with Crippen molar-refractivity contribution in [2.24, 2.45) is 5.92 Å². The van der Waals surface area contributed by atoms with E-state index in [0.717, 1.165) is 17.9 Å². The van der Waals surface area contributed by atoms with E-state index in [1.54, 1.807) is 0 Å². The van der Waals surface area contributed by atoms with Crippen LogP contribution in [0.5, 0.6) is 0 Å². The minimum atomic E-state index is 0.351. The molecule has 0 aliphatic heterocycles. The Bertz CT molecular complexity index is 311. The second-order valence-corrected chi connectivity index (χ2v) is 4.90. The van der Waals surface area contributed by atoms with Crippen LogP contribution in [0.25, 0.3) is 0 Å². The lowest BCUT2D eigenvalue weighted by molar-refractivity contribution is 0.362. The third-order valence-electron chi connectivity index (χ3n) is 3.31. The molecule has 0 saturated carbocycles. The lowest BCUT2D eigenvalue weighted by Crippen LogP contribution is -2.34. The second kappa shape index (κ2) is 5.48. The van der Waals surface area contributed by atoms with Crippen LogP contribution < -0.4 is 5.32 Å². The third kappa shape index (κ3) is 2.85. The van der Waals surface area contributed by atoms with Crippen LogP contribution in [0.1, 0.15) is 57.2 Å². The number of aromatic nitrogens is 1. The number of aryl methyl sites for hydroxylation is 2. The van der Waals surface area contributed by atoms with E-state index in [0.29, 0.717) is 18.0 Å². The van der Waals surface area contributed by atoms with Gasteiger partial charge in [-0.1, -0.05) is 25.9 Å². The van der Waals surface area contributed by atoms with Crippen molar-refractivity contribution < 1.29 is 4.52 Å². The predicted molar refractivity (Wildman–Crippen MR) is 66.4 cm³/mol. The molecule has 1 aromatic rings. The molecule has 1 rings (SSSR count). The first-order valence-corrected chi connectivity index (χ1v) is 6.16. The molecule has 0 unspecified atom stereocenters. The van der Waals surface area contributed by atoms with Crippen LogP contribution in [0.2, 0.25) is 0 Å². The topological polar surface area (TPSA) is 38.1 Å². The van der Waals surface area contributed by atoms with Gasteiger partial charge in [-0.2, -0.15) is 0 Å². The highest BCUT2D eigenvalue weighted by atomic mass is 16.5. The van der Waals surface area contributed by atoms with Gasteiger partial charge in [0.15, 0.2) is 0 Å². The van der Waals surface area contributed by atoms with Crippen LogP contribution in [0.4, 0.5) is 0 Å². The van der Waals surface area contributed by atoms with Gasteiger partial charge in [0.1, 0.15) is 5.76 Å². The summed E-state index contributed by atoms with van der Waals surface area (Å²) in [7, 11) is 0. The first-order valence-electron chi connectivity index (χ1n) is 6.16. The summed E-state index contributed by atoms with van der Waals surface area (Å²) in [5.74, 6) is 1.57. The molecule has 0 radical (unpaired) electrons. The van der Waals surface area contributed by atoms with Crippen LogP contribution in [-0.2, 0) is 0 Å². The Labute approximate surface area is 98.6 Å². The molecule has 0 fully saturated rings. The molecule has 1 heterocycles. The quantitative estimate of drug-likeness (QED) is 0.833. The molecule has 2 atom stereocenters. The molecule has 1 N–H and O–H groups in total. The zero-order valence-corrected chi connectivity index (χ0v) is 11.3. The van der Waals surface area contributed by atoms with Crippen molar-refractivity contribution >= 4 is 0 Å². The molecule has 16 heavy (non-hydrogen) atoms. The fraction of sp³-hybridized carbons (Fsp3) is 0.769. The summed E-state index contributed by atoms with van der Waals surface area (Å²) in [5.41, 5.74) is 2.24. The van der Waals surface area contributed by atoms with Gasteiger partial charge in [0.05, 0.1) is 5.69 Å². The highest BCUT2D eigenvalue weighted by Crippen LogP contribution is 2.25. The number of hydrogen-bond acceptors (Lipinski definition) is 3. The molecule has 0 aliphatic rings. The molecule has 0 aliphatic carbocycles. The van der Waals surface area contributed by atoms with E-state index in [1.807, 2.05) is 13.8 Å². The highest BCUT2D eigenvalue weighted by Gasteiger charge is 2.21. The normalized spacial score (nSPS) is 15.4. The van der Waals surface area contributed by atoms with Gasteiger partial charge in [0.25, 0.3) is 0 Å². The average molecular weight is 224 g/mol. The van der Waals surface area contributed by atoms with Gasteiger partial charge >= 0.3 is 0 Å². The Kier molecular flexibility index (Phi) is 4.54. The molecule has 0 bridgehead atoms. The van der Waals surface area contributed by atoms with Gasteiger partial charge in [-0.3, -0.25) is 0 Å². The Hall–Kier alpha value is -0.830. The van der Waals surface area contributed by atoms with Crippen LogP contribution in [0, 0.1) is 19.8 Å². The fourth-order valence-electron chi connectivity index (χ4n) is 1.90. The number of nitrogens with one attached hydrogen (secondary N) is 1. The van der Waals surface area contributed by atoms with Crippen molar-refractivity contribution in [2.75, 3.05) is 0 Å². The van der Waals surface area contributed by atoms with Crippen molar-refractivity contribution in [3.8, 4) is 0 Å². The Morgan fingerprint density at radius 3 is 2.25 bits per heavy atom. The Balaban J connectivity index is 2.83. The van der Waals surface area contributed by atoms with E-state index < -0.39 is 0 Å². The maximum Gasteiger partial charge on any atom is 0.138 e. The van der Waals surface area contributed by atoms with Crippen LogP contribution in [0.15, 0.2) is 4.52 Å². The summed E-state index contributed by atoms with van der Waals surface area (Å²) in [6.45, 7) is 12.9. The molecule has 0 aromatic carbocycles. The lowest BCUT2D eigenvalue weighted by Gasteiger charge is -2.24. The first kappa shape index (κ1) is 13.2. The van der Waals surface area contributed by atoms with Crippen molar-refractivity contribution in [3.05, 3.63) is 17.0 Å². The van der Waals surface area contributed by atoms with E-state index in [-0.39, 0.29) is 0 Å². The smallest absolute Gasteiger partial charge is 0.138 e. The van der Waals surface area contributed by atoms with Crippen LogP contribution in [-0.4, -0.2) is 11.2 Å². The molecular weight excluding hydrogens is 200 g/mol. The van der Waals surface area contributed by atoms with E-state index in [4.69, 9.17) is 4.52 Å². The van der Waals surface area contributed by atoms with Crippen molar-refractivity contribution in [2.45, 2.75) is 60.0 Å². The SMILES string of the molecule is CC[C@H](N[C@H](C)C(C)C)c1c(C)noc1C. The van der Waals surface area contributed by atoms with Crippen molar-refractivity contribution in [1.82, 2.24) is 10.5 Å².